The molecule has 1 aromatic heterocycles. The molecule has 4 heteroatoms. The van der Waals surface area contributed by atoms with E-state index in [4.69, 9.17) is 5.73 Å². The van der Waals surface area contributed by atoms with Crippen LogP contribution in [-0.2, 0) is 0 Å². The van der Waals surface area contributed by atoms with Crippen molar-refractivity contribution in [1.29, 1.82) is 0 Å². The molecule has 2 heterocycles. The summed E-state index contributed by atoms with van der Waals surface area (Å²) in [5.74, 6) is 0.821. The van der Waals surface area contributed by atoms with Crippen molar-refractivity contribution in [2.45, 2.75) is 38.3 Å². The van der Waals surface area contributed by atoms with Gasteiger partial charge in [0.2, 0.25) is 0 Å². The van der Waals surface area contributed by atoms with Crippen LogP contribution in [0.3, 0.4) is 0 Å². The highest BCUT2D eigenvalue weighted by atomic mass is 32.1. The van der Waals surface area contributed by atoms with Crippen molar-refractivity contribution in [2.75, 3.05) is 33.7 Å². The van der Waals surface area contributed by atoms with Crippen LogP contribution in [0.25, 0.3) is 0 Å². The number of nitrogens with zero attached hydrogens (tertiary/aromatic N) is 2. The molecule has 2 unspecified atom stereocenters. The topological polar surface area (TPSA) is 32.5 Å². The molecule has 0 bridgehead atoms. The van der Waals surface area contributed by atoms with Crippen molar-refractivity contribution in [3.63, 3.8) is 0 Å². The first-order valence-electron chi connectivity index (χ1n) is 7.78. The number of likely N-dealkylation sites (N-methyl/N-ethyl adjacent to an activating group) is 1. The molecule has 114 valence electrons. The van der Waals surface area contributed by atoms with E-state index in [1.807, 2.05) is 0 Å². The van der Waals surface area contributed by atoms with Crippen LogP contribution in [-0.4, -0.2) is 49.6 Å². The monoisotopic (exact) mass is 295 g/mol. The Balaban J connectivity index is 1.98. The van der Waals surface area contributed by atoms with Crippen molar-refractivity contribution < 1.29 is 0 Å². The fraction of sp³-hybridized carbons (Fsp3) is 0.750. The molecule has 1 saturated heterocycles. The van der Waals surface area contributed by atoms with Crippen LogP contribution >= 0.6 is 11.3 Å². The van der Waals surface area contributed by atoms with Gasteiger partial charge in [0.15, 0.2) is 0 Å². The van der Waals surface area contributed by atoms with Gasteiger partial charge in [-0.2, -0.15) is 11.3 Å². The number of hydrogen-bond donors (Lipinski definition) is 1. The summed E-state index contributed by atoms with van der Waals surface area (Å²) in [4.78, 5) is 4.93. The first-order chi connectivity index (χ1) is 9.61. The molecule has 0 radical (unpaired) electrons. The third kappa shape index (κ3) is 4.04. The van der Waals surface area contributed by atoms with Crippen LogP contribution in [0.2, 0.25) is 0 Å². The summed E-state index contributed by atoms with van der Waals surface area (Å²) in [6.45, 7) is 5.83. The number of thiophene rings is 1. The summed E-state index contributed by atoms with van der Waals surface area (Å²) in [5, 5.41) is 4.42. The Bertz CT molecular complexity index is 371. The van der Waals surface area contributed by atoms with Crippen molar-refractivity contribution in [1.82, 2.24) is 9.80 Å². The largest absolute Gasteiger partial charge is 0.326 e. The first kappa shape index (κ1) is 16.0. The Kier molecular flexibility index (Phi) is 6.02. The quantitative estimate of drug-likeness (QED) is 0.876. The Labute approximate surface area is 127 Å². The number of nitrogens with two attached hydrogens (primary N) is 1. The molecule has 0 saturated carbocycles. The van der Waals surface area contributed by atoms with Gasteiger partial charge in [-0.3, -0.25) is 4.90 Å². The second-order valence-corrected chi connectivity index (χ2v) is 7.04. The van der Waals surface area contributed by atoms with Gasteiger partial charge in [-0.25, -0.2) is 0 Å². The van der Waals surface area contributed by atoms with E-state index in [9.17, 15) is 0 Å². The van der Waals surface area contributed by atoms with Crippen molar-refractivity contribution in [2.24, 2.45) is 11.7 Å². The maximum Gasteiger partial charge on any atom is 0.0504 e. The normalized spacial score (nSPS) is 21.2. The molecule has 2 rings (SSSR count). The van der Waals surface area contributed by atoms with Gasteiger partial charge in [-0.15, -0.1) is 0 Å². The van der Waals surface area contributed by atoms with Gasteiger partial charge in [0.1, 0.15) is 0 Å². The Morgan fingerprint density at radius 1 is 1.45 bits per heavy atom. The average Bonchev–Trinajstić information content (AvgIpc) is 2.95. The number of piperidine rings is 1. The van der Waals surface area contributed by atoms with Gasteiger partial charge in [-0.1, -0.05) is 6.92 Å². The van der Waals surface area contributed by atoms with Gasteiger partial charge in [-0.05, 0) is 74.8 Å². The van der Waals surface area contributed by atoms with Crippen molar-refractivity contribution >= 4 is 11.3 Å². The maximum absolute atomic E-state index is 6.39. The molecule has 1 fully saturated rings. The lowest BCUT2D eigenvalue weighted by Crippen LogP contribution is -2.42. The standard InChI is InChI=1S/C16H29N3S/c1-4-15(17)16(14-7-10-20-12-14)19(3)11-13-5-8-18(2)9-6-13/h7,10,12-13,15-16H,4-6,8-9,11,17H2,1-3H3. The summed E-state index contributed by atoms with van der Waals surface area (Å²) >= 11 is 1.77. The van der Waals surface area contributed by atoms with Crippen LogP contribution in [0.1, 0.15) is 37.8 Å². The lowest BCUT2D eigenvalue weighted by Gasteiger charge is -2.37. The average molecular weight is 295 g/mol. The van der Waals surface area contributed by atoms with Gasteiger partial charge < -0.3 is 10.6 Å². The van der Waals surface area contributed by atoms with Crippen LogP contribution in [0.5, 0.6) is 0 Å². The molecule has 2 N–H and O–H groups in total. The Morgan fingerprint density at radius 2 is 2.15 bits per heavy atom. The highest BCUT2D eigenvalue weighted by Crippen LogP contribution is 2.28. The summed E-state index contributed by atoms with van der Waals surface area (Å²) in [5.41, 5.74) is 7.78. The maximum atomic E-state index is 6.39. The fourth-order valence-electron chi connectivity index (χ4n) is 3.26. The van der Waals surface area contributed by atoms with Crippen LogP contribution < -0.4 is 5.73 Å². The molecule has 1 aliphatic rings. The predicted octanol–water partition coefficient (Wildman–Crippen LogP) is 2.80. The molecule has 0 amide bonds. The molecular formula is C16H29N3S. The highest BCUT2D eigenvalue weighted by molar-refractivity contribution is 7.07. The Hall–Kier alpha value is -0.420. The number of hydrogen-bond acceptors (Lipinski definition) is 4. The number of rotatable bonds is 6. The SMILES string of the molecule is CCC(N)C(c1ccsc1)N(C)CC1CCN(C)CC1. The zero-order valence-electron chi connectivity index (χ0n) is 13.1. The minimum absolute atomic E-state index is 0.223. The Morgan fingerprint density at radius 3 is 2.70 bits per heavy atom. The minimum Gasteiger partial charge on any atom is -0.326 e. The van der Waals surface area contributed by atoms with Crippen LogP contribution in [0.15, 0.2) is 16.8 Å². The second kappa shape index (κ2) is 7.55. The molecule has 0 spiro atoms. The third-order valence-electron chi connectivity index (χ3n) is 4.62. The molecule has 20 heavy (non-hydrogen) atoms. The van der Waals surface area contributed by atoms with Crippen LogP contribution in [0.4, 0.5) is 0 Å². The molecule has 2 atom stereocenters. The van der Waals surface area contributed by atoms with E-state index in [2.05, 4.69) is 47.6 Å². The molecule has 3 nitrogen and oxygen atoms in total. The minimum atomic E-state index is 0.223. The van der Waals surface area contributed by atoms with Crippen LogP contribution in [0, 0.1) is 5.92 Å². The lowest BCUT2D eigenvalue weighted by atomic mass is 9.93. The van der Waals surface area contributed by atoms with E-state index in [0.717, 1.165) is 12.3 Å². The highest BCUT2D eigenvalue weighted by Gasteiger charge is 2.26. The summed E-state index contributed by atoms with van der Waals surface area (Å²) in [6.07, 6.45) is 3.66. The number of likely N-dealkylation sites (tertiary alicyclic amines) is 1. The third-order valence-corrected chi connectivity index (χ3v) is 5.32. The van der Waals surface area contributed by atoms with Gasteiger partial charge in [0.05, 0.1) is 6.04 Å². The smallest absolute Gasteiger partial charge is 0.0504 e. The van der Waals surface area contributed by atoms with E-state index >= 15 is 0 Å². The van der Waals surface area contributed by atoms with E-state index in [0.29, 0.717) is 6.04 Å². The fourth-order valence-corrected chi connectivity index (χ4v) is 3.95. The molecular weight excluding hydrogens is 266 g/mol. The van der Waals surface area contributed by atoms with Gasteiger partial charge >= 0.3 is 0 Å². The lowest BCUT2D eigenvalue weighted by molar-refractivity contribution is 0.137. The second-order valence-electron chi connectivity index (χ2n) is 6.26. The molecule has 1 aromatic rings. The van der Waals surface area contributed by atoms with E-state index < -0.39 is 0 Å². The summed E-state index contributed by atoms with van der Waals surface area (Å²) in [6, 6.07) is 2.82. The van der Waals surface area contributed by atoms with E-state index in [-0.39, 0.29) is 6.04 Å². The predicted molar refractivity (Wildman–Crippen MR) is 88.2 cm³/mol. The molecule has 1 aliphatic heterocycles. The first-order valence-corrected chi connectivity index (χ1v) is 8.72. The molecule has 0 aliphatic carbocycles. The summed E-state index contributed by atoms with van der Waals surface area (Å²) < 4.78 is 0. The van der Waals surface area contributed by atoms with Crippen molar-refractivity contribution in [3.8, 4) is 0 Å². The zero-order valence-corrected chi connectivity index (χ0v) is 13.9. The van der Waals surface area contributed by atoms with Gasteiger partial charge in [0, 0.05) is 12.6 Å². The van der Waals surface area contributed by atoms with Gasteiger partial charge in [0.25, 0.3) is 0 Å². The van der Waals surface area contributed by atoms with Crippen molar-refractivity contribution in [3.05, 3.63) is 22.4 Å². The summed E-state index contributed by atoms with van der Waals surface area (Å²) in [7, 11) is 4.47. The van der Waals surface area contributed by atoms with E-state index in [1.54, 1.807) is 11.3 Å². The molecule has 0 aromatic carbocycles. The van der Waals surface area contributed by atoms with E-state index in [1.165, 1.54) is 38.0 Å². The zero-order chi connectivity index (χ0) is 14.5.